The van der Waals surface area contributed by atoms with E-state index in [0.717, 1.165) is 26.9 Å². The smallest absolute Gasteiger partial charge is 0.321 e. The number of aromatic nitrogens is 6. The summed E-state index contributed by atoms with van der Waals surface area (Å²) in [7, 11) is 1.50. The van der Waals surface area contributed by atoms with E-state index in [0.29, 0.717) is 41.9 Å². The number of rotatable bonds is 9. The first-order valence-corrected chi connectivity index (χ1v) is 23.2. The maximum absolute atomic E-state index is 13.6. The number of fused-ring (bicyclic) bond motifs is 2. The molecule has 2 aliphatic rings. The van der Waals surface area contributed by atoms with E-state index in [2.05, 4.69) is 57.8 Å². The zero-order valence-corrected chi connectivity index (χ0v) is 40.7. The predicted molar refractivity (Wildman–Crippen MR) is 264 cm³/mol. The van der Waals surface area contributed by atoms with Crippen LogP contribution in [-0.2, 0) is 19.2 Å². The molecule has 2 fully saturated rings. The van der Waals surface area contributed by atoms with Gasteiger partial charge in [0.25, 0.3) is 11.8 Å². The van der Waals surface area contributed by atoms with Crippen molar-refractivity contribution in [1.29, 1.82) is 0 Å². The minimum atomic E-state index is -3.58. The van der Waals surface area contributed by atoms with E-state index < -0.39 is 47.8 Å². The van der Waals surface area contributed by atoms with E-state index in [1.165, 1.54) is 42.4 Å². The minimum absolute atomic E-state index is 0.00137. The highest BCUT2D eigenvalue weighted by Crippen LogP contribution is 2.38. The zero-order chi connectivity index (χ0) is 52.6. The number of amides is 4. The molecule has 2 saturated heterocycles. The van der Waals surface area contributed by atoms with Crippen LogP contribution in [-0.4, -0.2) is 84.1 Å². The van der Waals surface area contributed by atoms with E-state index in [1.807, 2.05) is 18.2 Å². The van der Waals surface area contributed by atoms with E-state index in [1.54, 1.807) is 107 Å². The predicted octanol–water partition coefficient (Wildman–Crippen LogP) is 8.46. The van der Waals surface area contributed by atoms with Crippen molar-refractivity contribution < 1.29 is 45.5 Å². The van der Waals surface area contributed by atoms with Crippen LogP contribution < -0.4 is 26.6 Å². The average molecular weight is 1070 g/mol. The van der Waals surface area contributed by atoms with Crippen molar-refractivity contribution in [3.8, 4) is 11.4 Å². The number of hydrogen-bond donors (Lipinski definition) is 4. The Bertz CT molecular complexity index is 3210. The standard InChI is InChI=1S/C25H20F3N5O2.C13H14F2N2O2.C12H7BrFN3.CH5N/c1-25(27,28)24(35)31-18-13-22(34)32(23(18)15-5-3-2-4-6-15)21-12-11-20-19(30-21)14-29-33(20)17-9-7-16(26)8-10-17;1-13(14,15)12(19)16-9-7-10(18)17-11(9)8-5-3-2-4-6-8;13-12-6-5-11-10(16-12)7-15-17(11)9-3-1-8(14)2-4-9;1-2/h2-12,14,18,23H,13H2,1H3,(H,31,35);2-6,9,11H,7H2,1H3,(H,16,19)(H,17,18);1-7H;2H2,1H3/t18-,23?;9-,11?;;/m00../s1. The third-order valence-electron chi connectivity index (χ3n) is 11.4. The minimum Gasteiger partial charge on any atom is -0.347 e. The van der Waals surface area contributed by atoms with Gasteiger partial charge in [0.1, 0.15) is 33.1 Å². The summed E-state index contributed by atoms with van der Waals surface area (Å²) in [6.07, 6.45) is 3.05. The van der Waals surface area contributed by atoms with Crippen LogP contribution in [0.1, 0.15) is 49.9 Å². The normalized spacial score (nSPS) is 17.4. The molecule has 2 unspecified atom stereocenters. The lowest BCUT2D eigenvalue weighted by atomic mass is 9.99. The lowest BCUT2D eigenvalue weighted by Gasteiger charge is -2.29. The quantitative estimate of drug-likeness (QED) is 0.0810. The monoisotopic (exact) mass is 1070 g/mol. The number of alkyl halides is 4. The van der Waals surface area contributed by atoms with Gasteiger partial charge < -0.3 is 21.7 Å². The van der Waals surface area contributed by atoms with E-state index in [9.17, 15) is 45.5 Å². The Kier molecular flexibility index (Phi) is 16.4. The van der Waals surface area contributed by atoms with Crippen LogP contribution in [0.15, 0.2) is 150 Å². The molecule has 0 saturated carbocycles. The van der Waals surface area contributed by atoms with Crippen molar-refractivity contribution in [1.82, 2.24) is 45.5 Å². The first-order chi connectivity index (χ1) is 34.8. The number of nitrogens with zero attached hydrogens (tertiary/aromatic N) is 7. The molecule has 2 aliphatic heterocycles. The maximum Gasteiger partial charge on any atom is 0.321 e. The highest BCUT2D eigenvalue weighted by molar-refractivity contribution is 9.10. The summed E-state index contributed by atoms with van der Waals surface area (Å²) in [4.78, 5) is 58.2. The van der Waals surface area contributed by atoms with Crippen LogP contribution in [0.3, 0.4) is 0 Å². The average Bonchev–Trinajstić information content (AvgIpc) is 4.16. The first kappa shape index (κ1) is 52.8. The fourth-order valence-electron chi connectivity index (χ4n) is 8.02. The SMILES string of the molecule is CC(F)(F)C(=O)N[C@H]1CC(=O)N(c2ccc3c(cnn3-c3ccc(F)cc3)n2)C1c1ccccc1.CC(F)(F)C(=O)N[C@H]1CC(=O)NC1c1ccccc1.CN.Fc1ccc(-n2ncc3nc(Br)ccc32)cc1. The Morgan fingerprint density at radius 2 is 1.10 bits per heavy atom. The zero-order valence-electron chi connectivity index (χ0n) is 39.1. The molecular weight excluding hydrogens is 1020 g/mol. The molecule has 8 aromatic rings. The number of anilines is 1. The number of hydrogen-bond acceptors (Lipinski definition) is 9. The second kappa shape index (κ2) is 22.6. The lowest BCUT2D eigenvalue weighted by molar-refractivity contribution is -0.144. The Labute approximate surface area is 421 Å². The highest BCUT2D eigenvalue weighted by atomic mass is 79.9. The number of carbonyl (C=O) groups excluding carboxylic acids is 4. The molecule has 4 amide bonds. The van der Waals surface area contributed by atoms with Crippen molar-refractivity contribution >= 4 is 67.4 Å². The Hall–Kier alpha value is -7.98. The van der Waals surface area contributed by atoms with Gasteiger partial charge in [0.2, 0.25) is 11.8 Å². The van der Waals surface area contributed by atoms with E-state index in [4.69, 9.17) is 0 Å². The van der Waals surface area contributed by atoms with Crippen molar-refractivity contribution in [2.75, 3.05) is 11.9 Å². The Morgan fingerprint density at radius 1 is 0.630 bits per heavy atom. The fourth-order valence-corrected chi connectivity index (χ4v) is 8.35. The molecule has 0 bridgehead atoms. The largest absolute Gasteiger partial charge is 0.347 e. The third-order valence-corrected chi connectivity index (χ3v) is 11.8. The summed E-state index contributed by atoms with van der Waals surface area (Å²) in [6, 6.07) is 34.2. The van der Waals surface area contributed by atoms with Crippen LogP contribution in [0.5, 0.6) is 0 Å². The van der Waals surface area contributed by atoms with Crippen molar-refractivity contribution in [2.45, 2.75) is 62.7 Å². The van der Waals surface area contributed by atoms with Gasteiger partial charge in [-0.2, -0.15) is 27.8 Å². The third kappa shape index (κ3) is 12.6. The second-order valence-electron chi connectivity index (χ2n) is 16.6. The molecule has 4 aromatic carbocycles. The van der Waals surface area contributed by atoms with Gasteiger partial charge in [0.05, 0.1) is 59.0 Å². The van der Waals surface area contributed by atoms with Gasteiger partial charge in [-0.25, -0.2) is 28.1 Å². The molecule has 6 heterocycles. The summed E-state index contributed by atoms with van der Waals surface area (Å²) in [5.74, 6) is -10.8. The summed E-state index contributed by atoms with van der Waals surface area (Å²) < 4.78 is 83.2. The summed E-state index contributed by atoms with van der Waals surface area (Å²) in [5, 5.41) is 15.8. The molecule has 10 rings (SSSR count). The van der Waals surface area contributed by atoms with Gasteiger partial charge >= 0.3 is 11.8 Å². The number of nitrogens with one attached hydrogen (secondary N) is 3. The number of carbonyl (C=O) groups is 4. The van der Waals surface area contributed by atoms with Crippen LogP contribution in [0.4, 0.5) is 32.2 Å². The first-order valence-electron chi connectivity index (χ1n) is 22.4. The van der Waals surface area contributed by atoms with Crippen LogP contribution in [0, 0.1) is 11.6 Å². The molecule has 0 spiro atoms. The van der Waals surface area contributed by atoms with Gasteiger partial charge in [0.15, 0.2) is 0 Å². The van der Waals surface area contributed by atoms with Crippen molar-refractivity contribution in [3.05, 3.63) is 173 Å². The number of nitrogens with two attached hydrogens (primary N) is 1. The summed E-state index contributed by atoms with van der Waals surface area (Å²) >= 11 is 3.31. The van der Waals surface area contributed by atoms with E-state index in [-0.39, 0.29) is 36.3 Å². The lowest BCUT2D eigenvalue weighted by Crippen LogP contribution is -2.46. The molecule has 73 heavy (non-hydrogen) atoms. The summed E-state index contributed by atoms with van der Waals surface area (Å²) in [6.45, 7) is 1.05. The second-order valence-corrected chi connectivity index (χ2v) is 17.4. The van der Waals surface area contributed by atoms with Gasteiger partial charge in [-0.3, -0.25) is 24.1 Å². The van der Waals surface area contributed by atoms with Crippen LogP contribution >= 0.6 is 15.9 Å². The molecule has 4 aromatic heterocycles. The topological polar surface area (TPSA) is 195 Å². The van der Waals surface area contributed by atoms with Crippen molar-refractivity contribution in [2.24, 2.45) is 5.73 Å². The maximum atomic E-state index is 13.6. The molecule has 0 aliphatic carbocycles. The van der Waals surface area contributed by atoms with Gasteiger partial charge in [-0.05, 0) is 107 Å². The molecule has 0 radical (unpaired) electrons. The number of pyridine rings is 2. The van der Waals surface area contributed by atoms with Crippen LogP contribution in [0.2, 0.25) is 0 Å². The number of halogens is 7. The molecular formula is C51H46BrF6N11O4. The number of benzene rings is 4. The highest BCUT2D eigenvalue weighted by Gasteiger charge is 2.46. The fraction of sp³-hybridized carbons (Fsp3) is 0.216. The molecule has 5 N–H and O–H groups in total. The molecule has 378 valence electrons. The van der Waals surface area contributed by atoms with Gasteiger partial charge in [-0.15, -0.1) is 0 Å². The van der Waals surface area contributed by atoms with E-state index >= 15 is 0 Å². The molecule has 22 heteroatoms. The van der Waals surface area contributed by atoms with Gasteiger partial charge in [-0.1, -0.05) is 60.7 Å². The molecule has 15 nitrogen and oxygen atoms in total. The van der Waals surface area contributed by atoms with Crippen LogP contribution in [0.25, 0.3) is 33.4 Å². The van der Waals surface area contributed by atoms with Gasteiger partial charge in [0, 0.05) is 26.7 Å². The molecule has 4 atom stereocenters. The Balaban J connectivity index is 0.000000173. The summed E-state index contributed by atoms with van der Waals surface area (Å²) in [5.41, 5.74) is 10.2. The van der Waals surface area contributed by atoms with Crippen molar-refractivity contribution in [3.63, 3.8) is 0 Å². The Morgan fingerprint density at radius 3 is 1.60 bits per heavy atom.